The molecule has 0 unspecified atom stereocenters. The molecule has 26 heavy (non-hydrogen) atoms. The van der Waals surface area contributed by atoms with Crippen molar-refractivity contribution in [1.82, 2.24) is 14.5 Å². The third-order valence-electron chi connectivity index (χ3n) is 4.85. The second-order valence-electron chi connectivity index (χ2n) is 6.50. The molecular formula is C19H17F2N3O2. The summed E-state index contributed by atoms with van der Waals surface area (Å²) in [6.45, 7) is 0.848. The average molecular weight is 357 g/mol. The van der Waals surface area contributed by atoms with Gasteiger partial charge < -0.3 is 9.88 Å². The first-order valence-electron chi connectivity index (χ1n) is 8.47. The van der Waals surface area contributed by atoms with E-state index in [-0.39, 0.29) is 17.3 Å². The Kier molecular flexibility index (Phi) is 4.06. The molecule has 0 saturated carbocycles. The summed E-state index contributed by atoms with van der Waals surface area (Å²) in [6.07, 6.45) is 1.20. The first kappa shape index (κ1) is 16.5. The first-order chi connectivity index (χ1) is 12.5. The lowest BCUT2D eigenvalue weighted by Crippen LogP contribution is -2.40. The van der Waals surface area contributed by atoms with Crippen LogP contribution in [0.5, 0.6) is 0 Å². The largest absolute Gasteiger partial charge is 0.338 e. The second kappa shape index (κ2) is 6.40. The highest BCUT2D eigenvalue weighted by Gasteiger charge is 2.27. The molecule has 0 spiro atoms. The third kappa shape index (κ3) is 2.89. The number of imidazole rings is 1. The van der Waals surface area contributed by atoms with Crippen LogP contribution in [0.1, 0.15) is 29.2 Å². The summed E-state index contributed by atoms with van der Waals surface area (Å²) in [6, 6.07) is 10.3. The Hall–Kier alpha value is -2.96. The number of rotatable bonds is 2. The van der Waals surface area contributed by atoms with Gasteiger partial charge in [0.1, 0.15) is 11.6 Å². The van der Waals surface area contributed by atoms with Gasteiger partial charge in [0.05, 0.1) is 11.0 Å². The Bertz CT molecular complexity index is 1010. The number of likely N-dealkylation sites (tertiary alicyclic amines) is 1. The topological polar surface area (TPSA) is 58.1 Å². The van der Waals surface area contributed by atoms with Gasteiger partial charge in [-0.05, 0) is 37.1 Å². The number of aromatic amines is 1. The molecule has 2 heterocycles. The minimum Gasteiger partial charge on any atom is -0.338 e. The monoisotopic (exact) mass is 357 g/mol. The van der Waals surface area contributed by atoms with Crippen molar-refractivity contribution in [2.24, 2.45) is 0 Å². The summed E-state index contributed by atoms with van der Waals surface area (Å²) in [5, 5.41) is 0. The minimum absolute atomic E-state index is 0.00483. The van der Waals surface area contributed by atoms with Crippen LogP contribution in [-0.2, 0) is 0 Å². The van der Waals surface area contributed by atoms with Gasteiger partial charge in [0.25, 0.3) is 5.91 Å². The summed E-state index contributed by atoms with van der Waals surface area (Å²) in [5.74, 6) is -1.93. The number of amides is 1. The maximum atomic E-state index is 13.3. The van der Waals surface area contributed by atoms with Crippen LogP contribution in [0.2, 0.25) is 0 Å². The number of hydrogen-bond acceptors (Lipinski definition) is 2. The van der Waals surface area contributed by atoms with E-state index in [1.54, 1.807) is 9.47 Å². The zero-order valence-electron chi connectivity index (χ0n) is 13.9. The van der Waals surface area contributed by atoms with Gasteiger partial charge in [0.2, 0.25) is 0 Å². The maximum absolute atomic E-state index is 13.3. The van der Waals surface area contributed by atoms with E-state index in [0.717, 1.165) is 29.2 Å². The number of fused-ring (bicyclic) bond motifs is 1. The molecule has 3 aromatic rings. The summed E-state index contributed by atoms with van der Waals surface area (Å²) in [4.78, 5) is 29.2. The van der Waals surface area contributed by atoms with E-state index in [4.69, 9.17) is 0 Å². The van der Waals surface area contributed by atoms with Gasteiger partial charge in [-0.1, -0.05) is 12.1 Å². The molecular weight excluding hydrogens is 340 g/mol. The first-order valence-corrected chi connectivity index (χ1v) is 8.47. The van der Waals surface area contributed by atoms with Crippen molar-refractivity contribution in [2.45, 2.75) is 18.9 Å². The number of nitrogens with one attached hydrogen (secondary N) is 1. The van der Waals surface area contributed by atoms with Crippen LogP contribution in [0, 0.1) is 11.6 Å². The number of hydrogen-bond donors (Lipinski definition) is 1. The fourth-order valence-corrected chi connectivity index (χ4v) is 3.62. The van der Waals surface area contributed by atoms with Crippen LogP contribution in [0.15, 0.2) is 47.3 Å². The van der Waals surface area contributed by atoms with Crippen LogP contribution >= 0.6 is 0 Å². The molecule has 134 valence electrons. The molecule has 1 aliphatic rings. The zero-order chi connectivity index (χ0) is 18.3. The van der Waals surface area contributed by atoms with Crippen LogP contribution < -0.4 is 5.69 Å². The number of carbonyl (C=O) groups is 1. The number of H-pyrrole nitrogens is 1. The normalized spacial score (nSPS) is 15.5. The van der Waals surface area contributed by atoms with Crippen LogP contribution in [0.25, 0.3) is 11.0 Å². The fourth-order valence-electron chi connectivity index (χ4n) is 3.62. The van der Waals surface area contributed by atoms with Crippen molar-refractivity contribution >= 4 is 16.9 Å². The lowest BCUT2D eigenvalue weighted by Gasteiger charge is -2.32. The average Bonchev–Trinajstić information content (AvgIpc) is 2.96. The molecule has 0 radical (unpaired) electrons. The third-order valence-corrected chi connectivity index (χ3v) is 4.85. The molecule has 5 nitrogen and oxygen atoms in total. The van der Waals surface area contributed by atoms with E-state index >= 15 is 0 Å². The minimum atomic E-state index is -0.770. The SMILES string of the molecule is O=C(c1cc(F)cc(F)c1)N1CCC(n2c(=O)[nH]c3ccccc32)CC1. The van der Waals surface area contributed by atoms with E-state index in [1.165, 1.54) is 0 Å². The molecule has 1 aromatic heterocycles. The molecule has 2 aromatic carbocycles. The Morgan fingerprint density at radius 1 is 1.04 bits per heavy atom. The van der Waals surface area contributed by atoms with Crippen molar-refractivity contribution in [3.8, 4) is 0 Å². The highest BCUT2D eigenvalue weighted by molar-refractivity contribution is 5.94. The molecule has 0 bridgehead atoms. The van der Waals surface area contributed by atoms with E-state index in [2.05, 4.69) is 4.98 Å². The van der Waals surface area contributed by atoms with Crippen LogP contribution in [0.3, 0.4) is 0 Å². The summed E-state index contributed by atoms with van der Waals surface area (Å²) >= 11 is 0. The predicted octanol–water partition coefficient (Wildman–Crippen LogP) is 3.09. The molecule has 1 aliphatic heterocycles. The summed E-state index contributed by atoms with van der Waals surface area (Å²) in [7, 11) is 0. The van der Waals surface area contributed by atoms with E-state index in [9.17, 15) is 18.4 Å². The van der Waals surface area contributed by atoms with Gasteiger partial charge in [-0.15, -0.1) is 0 Å². The van der Waals surface area contributed by atoms with Gasteiger partial charge in [0.15, 0.2) is 0 Å². The zero-order valence-corrected chi connectivity index (χ0v) is 13.9. The lowest BCUT2D eigenvalue weighted by atomic mass is 10.0. The van der Waals surface area contributed by atoms with Gasteiger partial charge >= 0.3 is 5.69 Å². The van der Waals surface area contributed by atoms with Gasteiger partial charge in [0, 0.05) is 30.8 Å². The Morgan fingerprint density at radius 2 is 1.69 bits per heavy atom. The van der Waals surface area contributed by atoms with Gasteiger partial charge in [-0.3, -0.25) is 9.36 Å². The number of aromatic nitrogens is 2. The quantitative estimate of drug-likeness (QED) is 0.766. The highest BCUT2D eigenvalue weighted by Crippen LogP contribution is 2.25. The van der Waals surface area contributed by atoms with Crippen molar-refractivity contribution in [3.05, 3.63) is 70.1 Å². The van der Waals surface area contributed by atoms with Crippen molar-refractivity contribution in [3.63, 3.8) is 0 Å². The van der Waals surface area contributed by atoms with Gasteiger partial charge in [-0.2, -0.15) is 0 Å². The molecule has 1 N–H and O–H groups in total. The van der Waals surface area contributed by atoms with Crippen LogP contribution in [0.4, 0.5) is 8.78 Å². The van der Waals surface area contributed by atoms with E-state index in [0.29, 0.717) is 25.9 Å². The Balaban J connectivity index is 1.53. The molecule has 0 aliphatic carbocycles. The Morgan fingerprint density at radius 3 is 2.38 bits per heavy atom. The summed E-state index contributed by atoms with van der Waals surface area (Å²) in [5.41, 5.74) is 1.47. The predicted molar refractivity (Wildman–Crippen MR) is 93.1 cm³/mol. The smallest absolute Gasteiger partial charge is 0.326 e. The number of nitrogens with zero attached hydrogens (tertiary/aromatic N) is 2. The highest BCUT2D eigenvalue weighted by atomic mass is 19.1. The maximum Gasteiger partial charge on any atom is 0.326 e. The number of halogens is 2. The molecule has 1 fully saturated rings. The molecule has 1 amide bonds. The summed E-state index contributed by atoms with van der Waals surface area (Å²) < 4.78 is 28.4. The van der Waals surface area contributed by atoms with Crippen molar-refractivity contribution in [1.29, 1.82) is 0 Å². The fraction of sp³-hybridized carbons (Fsp3) is 0.263. The molecule has 0 atom stereocenters. The number of carbonyl (C=O) groups excluding carboxylic acids is 1. The number of piperidine rings is 1. The van der Waals surface area contributed by atoms with Crippen LogP contribution in [-0.4, -0.2) is 33.4 Å². The van der Waals surface area contributed by atoms with Crippen molar-refractivity contribution < 1.29 is 13.6 Å². The van der Waals surface area contributed by atoms with E-state index < -0.39 is 17.5 Å². The number of benzene rings is 2. The lowest BCUT2D eigenvalue weighted by molar-refractivity contribution is 0.0694. The molecule has 7 heteroatoms. The molecule has 1 saturated heterocycles. The molecule has 4 rings (SSSR count). The van der Waals surface area contributed by atoms with E-state index in [1.807, 2.05) is 24.3 Å². The van der Waals surface area contributed by atoms with Gasteiger partial charge in [-0.25, -0.2) is 13.6 Å². The standard InChI is InChI=1S/C19H17F2N3O2/c20-13-9-12(10-14(21)11-13)18(25)23-7-5-15(6-8-23)24-17-4-2-1-3-16(17)22-19(24)26/h1-4,9-11,15H,5-8H2,(H,22,26). The Labute approximate surface area is 147 Å². The second-order valence-corrected chi connectivity index (χ2v) is 6.50. The number of para-hydroxylation sites is 2. The van der Waals surface area contributed by atoms with Crippen molar-refractivity contribution in [2.75, 3.05) is 13.1 Å².